The quantitative estimate of drug-likeness (QED) is 0.231. The number of aryl methyl sites for hydroxylation is 1. The highest BCUT2D eigenvalue weighted by molar-refractivity contribution is 14.0. The number of alkyl halides is 2. The third-order valence-corrected chi connectivity index (χ3v) is 4.15. The fourth-order valence-electron chi connectivity index (χ4n) is 2.83. The average Bonchev–Trinajstić information content (AvgIpc) is 3.28. The molecular formula is C18H23F2IN6. The summed E-state index contributed by atoms with van der Waals surface area (Å²) in [6.07, 6.45) is 5.62. The van der Waals surface area contributed by atoms with Gasteiger partial charge in [0, 0.05) is 44.2 Å². The van der Waals surface area contributed by atoms with Gasteiger partial charge < -0.3 is 15.2 Å². The number of fused-ring (bicyclic) bond motifs is 1. The van der Waals surface area contributed by atoms with Crippen LogP contribution in [0.2, 0.25) is 0 Å². The van der Waals surface area contributed by atoms with Crippen LogP contribution in [0.3, 0.4) is 0 Å². The monoisotopic (exact) mass is 488 g/mol. The summed E-state index contributed by atoms with van der Waals surface area (Å²) in [5, 5.41) is 7.43. The van der Waals surface area contributed by atoms with Gasteiger partial charge in [-0.1, -0.05) is 18.2 Å². The zero-order valence-corrected chi connectivity index (χ0v) is 17.3. The van der Waals surface area contributed by atoms with Crippen molar-refractivity contribution in [1.29, 1.82) is 0 Å². The number of hydrogen-bond donors (Lipinski definition) is 2. The molecule has 6 nitrogen and oxygen atoms in total. The Labute approximate surface area is 173 Å². The van der Waals surface area contributed by atoms with Crippen LogP contribution in [-0.4, -0.2) is 33.7 Å². The van der Waals surface area contributed by atoms with Crippen LogP contribution >= 0.6 is 24.0 Å². The lowest BCUT2D eigenvalue weighted by Crippen LogP contribution is -2.38. The number of aromatic nitrogens is 3. The van der Waals surface area contributed by atoms with E-state index in [0.717, 1.165) is 24.1 Å². The average molecular weight is 488 g/mol. The molecule has 27 heavy (non-hydrogen) atoms. The van der Waals surface area contributed by atoms with Crippen molar-refractivity contribution in [3.05, 3.63) is 54.7 Å². The number of nitrogens with zero attached hydrogens (tertiary/aromatic N) is 4. The number of rotatable bonds is 7. The smallest absolute Gasteiger partial charge is 0.319 e. The van der Waals surface area contributed by atoms with Crippen LogP contribution in [0.15, 0.2) is 53.9 Å². The predicted molar refractivity (Wildman–Crippen MR) is 114 cm³/mol. The maximum Gasteiger partial charge on any atom is 0.319 e. The van der Waals surface area contributed by atoms with Crippen molar-refractivity contribution in [2.45, 2.75) is 26.1 Å². The molecule has 2 aromatic heterocycles. The Morgan fingerprint density at radius 1 is 1.19 bits per heavy atom. The summed E-state index contributed by atoms with van der Waals surface area (Å²) >= 11 is 0. The molecule has 3 rings (SSSR count). The van der Waals surface area contributed by atoms with Crippen LogP contribution in [0, 0.1) is 0 Å². The largest absolute Gasteiger partial charge is 0.356 e. The van der Waals surface area contributed by atoms with Crippen LogP contribution in [0.25, 0.3) is 10.9 Å². The molecule has 0 saturated heterocycles. The lowest BCUT2D eigenvalue weighted by molar-refractivity contribution is 0.0668. The zero-order chi connectivity index (χ0) is 18.4. The van der Waals surface area contributed by atoms with Gasteiger partial charge in [-0.25, -0.2) is 4.98 Å². The Bertz CT molecular complexity index is 873. The topological polar surface area (TPSA) is 59.2 Å². The molecule has 0 radical (unpaired) electrons. The molecule has 9 heteroatoms. The number of guanidine groups is 1. The van der Waals surface area contributed by atoms with E-state index in [-0.39, 0.29) is 36.3 Å². The van der Waals surface area contributed by atoms with Gasteiger partial charge in [-0.2, -0.15) is 8.78 Å². The van der Waals surface area contributed by atoms with E-state index in [1.165, 1.54) is 23.3 Å². The van der Waals surface area contributed by atoms with Gasteiger partial charge in [0.1, 0.15) is 5.82 Å². The van der Waals surface area contributed by atoms with Gasteiger partial charge in [0.15, 0.2) is 5.96 Å². The van der Waals surface area contributed by atoms with Gasteiger partial charge in [-0.05, 0) is 23.9 Å². The van der Waals surface area contributed by atoms with Crippen molar-refractivity contribution >= 4 is 40.8 Å². The molecular weight excluding hydrogens is 465 g/mol. The third-order valence-electron chi connectivity index (χ3n) is 4.15. The molecule has 2 N–H and O–H groups in total. The number of nitrogens with one attached hydrogen (secondary N) is 2. The Morgan fingerprint density at radius 3 is 2.78 bits per heavy atom. The van der Waals surface area contributed by atoms with E-state index in [1.807, 2.05) is 12.1 Å². The molecule has 0 spiro atoms. The number of aliphatic imine (C=N–C) groups is 1. The van der Waals surface area contributed by atoms with E-state index < -0.39 is 6.55 Å². The number of benzene rings is 1. The van der Waals surface area contributed by atoms with E-state index in [1.54, 1.807) is 7.05 Å². The molecule has 1 aromatic carbocycles. The van der Waals surface area contributed by atoms with E-state index in [2.05, 4.69) is 49.6 Å². The van der Waals surface area contributed by atoms with Crippen LogP contribution in [0.1, 0.15) is 18.8 Å². The number of halogens is 3. The van der Waals surface area contributed by atoms with Crippen LogP contribution < -0.4 is 10.6 Å². The van der Waals surface area contributed by atoms with Crippen molar-refractivity contribution in [3.8, 4) is 0 Å². The normalized spacial score (nSPS) is 11.6. The maximum atomic E-state index is 12.8. The van der Waals surface area contributed by atoms with Gasteiger partial charge >= 0.3 is 6.55 Å². The summed E-state index contributed by atoms with van der Waals surface area (Å²) < 4.78 is 28.7. The Hall–Kier alpha value is -2.17. The molecule has 0 bridgehead atoms. The predicted octanol–water partition coefficient (Wildman–Crippen LogP) is 3.61. The maximum absolute atomic E-state index is 12.8. The molecule has 0 atom stereocenters. The first-order valence-corrected chi connectivity index (χ1v) is 8.47. The first-order valence-electron chi connectivity index (χ1n) is 8.47. The highest BCUT2D eigenvalue weighted by atomic mass is 127. The van der Waals surface area contributed by atoms with Gasteiger partial charge in [0.25, 0.3) is 0 Å². The molecule has 0 aliphatic heterocycles. The molecule has 146 valence electrons. The molecule has 0 fully saturated rings. The van der Waals surface area contributed by atoms with Crippen LogP contribution in [0.4, 0.5) is 8.78 Å². The minimum atomic E-state index is -2.60. The second kappa shape index (κ2) is 10.2. The summed E-state index contributed by atoms with van der Waals surface area (Å²) in [5.41, 5.74) is 1.22. The van der Waals surface area contributed by atoms with E-state index in [9.17, 15) is 8.78 Å². The van der Waals surface area contributed by atoms with Gasteiger partial charge in [-0.15, -0.1) is 24.0 Å². The van der Waals surface area contributed by atoms with E-state index in [4.69, 9.17) is 0 Å². The third kappa shape index (κ3) is 5.41. The van der Waals surface area contributed by atoms with Crippen LogP contribution in [-0.2, 0) is 13.1 Å². The first-order chi connectivity index (χ1) is 12.7. The molecule has 0 aliphatic rings. The molecule has 0 aliphatic carbocycles. The SMILES string of the molecule is CN=C(NCCCn1ccc2ccccc21)NCc1nccn1C(F)F.I. The fourth-order valence-corrected chi connectivity index (χ4v) is 2.83. The first kappa shape index (κ1) is 21.1. The number of imidazole rings is 1. The van der Waals surface area contributed by atoms with E-state index >= 15 is 0 Å². The number of hydrogen-bond acceptors (Lipinski definition) is 2. The Kier molecular flexibility index (Phi) is 8.01. The van der Waals surface area contributed by atoms with Gasteiger partial charge in [0.2, 0.25) is 0 Å². The summed E-state index contributed by atoms with van der Waals surface area (Å²) in [6.45, 7) is -0.817. The van der Waals surface area contributed by atoms with E-state index in [0.29, 0.717) is 5.96 Å². The second-order valence-electron chi connectivity index (χ2n) is 5.80. The van der Waals surface area contributed by atoms with Crippen molar-refractivity contribution < 1.29 is 8.78 Å². The molecule has 2 heterocycles. The lowest BCUT2D eigenvalue weighted by atomic mass is 10.2. The Morgan fingerprint density at radius 2 is 2.00 bits per heavy atom. The van der Waals surface area contributed by atoms with Crippen molar-refractivity contribution in [3.63, 3.8) is 0 Å². The fraction of sp³-hybridized carbons (Fsp3) is 0.333. The van der Waals surface area contributed by atoms with Crippen molar-refractivity contribution in [1.82, 2.24) is 24.8 Å². The van der Waals surface area contributed by atoms with Gasteiger partial charge in [0.05, 0.1) is 6.54 Å². The van der Waals surface area contributed by atoms with Crippen LogP contribution in [0.5, 0.6) is 0 Å². The van der Waals surface area contributed by atoms with Gasteiger partial charge in [-0.3, -0.25) is 9.56 Å². The zero-order valence-electron chi connectivity index (χ0n) is 15.0. The standard InChI is InChI=1S/C18H22F2N6.HI/c1-21-18(24-13-16-22-9-12-26(16)17(19)20)23-8-4-10-25-11-7-14-5-2-3-6-15(14)25;/h2-3,5-7,9,11-12,17H,4,8,10,13H2,1H3,(H2,21,23,24);1H. The summed E-state index contributed by atoms with van der Waals surface area (Å²) in [5.74, 6) is 0.827. The van der Waals surface area contributed by atoms with Crippen molar-refractivity contribution in [2.24, 2.45) is 4.99 Å². The van der Waals surface area contributed by atoms with Crippen molar-refractivity contribution in [2.75, 3.05) is 13.6 Å². The summed E-state index contributed by atoms with van der Waals surface area (Å²) in [4.78, 5) is 8.05. The minimum Gasteiger partial charge on any atom is -0.356 e. The molecule has 0 unspecified atom stereocenters. The highest BCUT2D eigenvalue weighted by Crippen LogP contribution is 2.15. The Balaban J connectivity index is 0.00000261. The summed E-state index contributed by atoms with van der Waals surface area (Å²) in [6, 6.07) is 10.4. The minimum absolute atomic E-state index is 0. The molecule has 0 amide bonds. The number of para-hydroxylation sites is 1. The molecule has 3 aromatic rings. The second-order valence-corrected chi connectivity index (χ2v) is 5.80. The highest BCUT2D eigenvalue weighted by Gasteiger charge is 2.11. The summed E-state index contributed by atoms with van der Waals surface area (Å²) in [7, 11) is 1.65. The molecule has 0 saturated carbocycles. The lowest BCUT2D eigenvalue weighted by Gasteiger charge is -2.13.